The van der Waals surface area contributed by atoms with Crippen LogP contribution in [0.2, 0.25) is 5.02 Å². The van der Waals surface area contributed by atoms with Gasteiger partial charge < -0.3 is 10.1 Å². The summed E-state index contributed by atoms with van der Waals surface area (Å²) < 4.78 is 33.2. The van der Waals surface area contributed by atoms with Crippen molar-refractivity contribution < 1.29 is 17.9 Å². The summed E-state index contributed by atoms with van der Waals surface area (Å²) in [7, 11) is -3.61. The second-order valence-corrected chi connectivity index (χ2v) is 9.73. The maximum Gasteiger partial charge on any atom is 0.251 e. The summed E-state index contributed by atoms with van der Waals surface area (Å²) in [5.41, 5.74) is 1.08. The van der Waals surface area contributed by atoms with E-state index in [2.05, 4.69) is 5.32 Å². The molecular formula is C22H27ClN2O4S. The smallest absolute Gasteiger partial charge is 0.251 e. The second-order valence-electron chi connectivity index (χ2n) is 7.35. The summed E-state index contributed by atoms with van der Waals surface area (Å²) in [6.45, 7) is 3.43. The van der Waals surface area contributed by atoms with Gasteiger partial charge in [0.2, 0.25) is 10.0 Å². The average molecular weight is 451 g/mol. The number of nitrogens with one attached hydrogen (secondary N) is 1. The molecule has 0 bridgehead atoms. The molecular weight excluding hydrogens is 424 g/mol. The van der Waals surface area contributed by atoms with Gasteiger partial charge in [0.05, 0.1) is 11.4 Å². The zero-order valence-electron chi connectivity index (χ0n) is 17.1. The Morgan fingerprint density at radius 1 is 1.07 bits per heavy atom. The summed E-state index contributed by atoms with van der Waals surface area (Å²) >= 11 is 5.84. The van der Waals surface area contributed by atoms with Crippen molar-refractivity contribution in [1.29, 1.82) is 0 Å². The maximum atomic E-state index is 13.0. The van der Waals surface area contributed by atoms with Gasteiger partial charge in [-0.05, 0) is 61.7 Å². The zero-order chi connectivity index (χ0) is 21.6. The lowest BCUT2D eigenvalue weighted by Crippen LogP contribution is -2.32. The number of benzene rings is 2. The van der Waals surface area contributed by atoms with E-state index in [0.717, 1.165) is 31.2 Å². The number of aryl methyl sites for hydroxylation is 1. The van der Waals surface area contributed by atoms with Crippen molar-refractivity contribution >= 4 is 27.5 Å². The predicted molar refractivity (Wildman–Crippen MR) is 118 cm³/mol. The highest BCUT2D eigenvalue weighted by Gasteiger charge is 2.26. The van der Waals surface area contributed by atoms with Gasteiger partial charge in [-0.2, -0.15) is 4.31 Å². The molecule has 30 heavy (non-hydrogen) atoms. The lowest BCUT2D eigenvalue weighted by molar-refractivity contribution is 0.0946. The number of halogens is 1. The summed E-state index contributed by atoms with van der Waals surface area (Å²) in [5, 5.41) is 3.42. The van der Waals surface area contributed by atoms with E-state index >= 15 is 0 Å². The van der Waals surface area contributed by atoms with Gasteiger partial charge in [0.15, 0.2) is 0 Å². The van der Waals surface area contributed by atoms with Crippen LogP contribution in [0.4, 0.5) is 0 Å². The summed E-state index contributed by atoms with van der Waals surface area (Å²) in [6, 6.07) is 11.7. The van der Waals surface area contributed by atoms with E-state index in [4.69, 9.17) is 16.3 Å². The molecule has 0 radical (unpaired) electrons. The molecule has 2 aromatic carbocycles. The lowest BCUT2D eigenvalue weighted by Gasteiger charge is -2.20. The largest absolute Gasteiger partial charge is 0.492 e. The van der Waals surface area contributed by atoms with Crippen molar-refractivity contribution in [2.75, 3.05) is 26.2 Å². The number of ether oxygens (including phenoxy) is 1. The highest BCUT2D eigenvalue weighted by molar-refractivity contribution is 7.89. The first-order valence-electron chi connectivity index (χ1n) is 10.2. The number of amides is 1. The van der Waals surface area contributed by atoms with Crippen LogP contribution in [-0.2, 0) is 10.0 Å². The van der Waals surface area contributed by atoms with E-state index in [1.165, 1.54) is 10.4 Å². The van der Waals surface area contributed by atoms with Crippen LogP contribution in [0, 0.1) is 6.92 Å². The molecule has 0 aliphatic carbocycles. The first-order valence-corrected chi connectivity index (χ1v) is 12.0. The molecule has 2 aromatic rings. The Bertz CT molecular complexity index is 969. The van der Waals surface area contributed by atoms with Crippen molar-refractivity contribution in [2.24, 2.45) is 0 Å². The normalized spacial score (nSPS) is 15.4. The Hall–Kier alpha value is -2.09. The van der Waals surface area contributed by atoms with Crippen molar-refractivity contribution in [1.82, 2.24) is 9.62 Å². The van der Waals surface area contributed by atoms with Gasteiger partial charge in [0, 0.05) is 23.7 Å². The van der Waals surface area contributed by atoms with E-state index in [1.54, 1.807) is 43.3 Å². The van der Waals surface area contributed by atoms with Gasteiger partial charge in [-0.3, -0.25) is 4.79 Å². The van der Waals surface area contributed by atoms with E-state index < -0.39 is 10.0 Å². The number of nitrogens with zero attached hydrogens (tertiary/aromatic N) is 1. The molecule has 6 nitrogen and oxygen atoms in total. The third kappa shape index (κ3) is 5.74. The molecule has 162 valence electrons. The van der Waals surface area contributed by atoms with Gasteiger partial charge in [-0.15, -0.1) is 0 Å². The second kappa shape index (κ2) is 10.3. The molecule has 8 heteroatoms. The van der Waals surface area contributed by atoms with Crippen LogP contribution < -0.4 is 10.1 Å². The summed E-state index contributed by atoms with van der Waals surface area (Å²) in [4.78, 5) is 12.8. The molecule has 1 saturated heterocycles. The molecule has 0 unspecified atom stereocenters. The van der Waals surface area contributed by atoms with E-state index in [-0.39, 0.29) is 17.4 Å². The standard InChI is InChI=1S/C22H27ClN2O4S/c1-17-6-11-20(30(27,28)25-13-4-2-3-5-14-25)16-21(17)22(26)24-12-15-29-19-9-7-18(23)8-10-19/h6-11,16H,2-5,12-15H2,1H3,(H,24,26). The Kier molecular flexibility index (Phi) is 7.75. The number of hydrogen-bond acceptors (Lipinski definition) is 4. The first kappa shape index (κ1) is 22.6. The molecule has 0 atom stereocenters. The highest BCUT2D eigenvalue weighted by Crippen LogP contribution is 2.22. The van der Waals surface area contributed by atoms with Gasteiger partial charge in [-0.1, -0.05) is 30.5 Å². The fraction of sp³-hybridized carbons (Fsp3) is 0.409. The average Bonchev–Trinajstić information content (AvgIpc) is 3.03. The number of carbonyl (C=O) groups is 1. The SMILES string of the molecule is Cc1ccc(S(=O)(=O)N2CCCCCC2)cc1C(=O)NCCOc1ccc(Cl)cc1. The first-order chi connectivity index (χ1) is 14.4. The highest BCUT2D eigenvalue weighted by atomic mass is 35.5. The molecule has 1 aliphatic rings. The fourth-order valence-electron chi connectivity index (χ4n) is 3.40. The molecule has 0 saturated carbocycles. The molecule has 1 N–H and O–H groups in total. The molecule has 1 amide bonds. The third-order valence-corrected chi connectivity index (χ3v) is 7.27. The van der Waals surface area contributed by atoms with E-state index in [1.807, 2.05) is 0 Å². The quantitative estimate of drug-likeness (QED) is 0.646. The third-order valence-electron chi connectivity index (χ3n) is 5.13. The van der Waals surface area contributed by atoms with Crippen LogP contribution in [0.5, 0.6) is 5.75 Å². The Morgan fingerprint density at radius 2 is 1.73 bits per heavy atom. The fourth-order valence-corrected chi connectivity index (χ4v) is 5.07. The minimum Gasteiger partial charge on any atom is -0.492 e. The van der Waals surface area contributed by atoms with Crippen LogP contribution in [0.25, 0.3) is 0 Å². The zero-order valence-corrected chi connectivity index (χ0v) is 18.6. The monoisotopic (exact) mass is 450 g/mol. The molecule has 1 heterocycles. The molecule has 0 spiro atoms. The van der Waals surface area contributed by atoms with Crippen LogP contribution in [0.1, 0.15) is 41.6 Å². The minimum atomic E-state index is -3.61. The van der Waals surface area contributed by atoms with Crippen molar-refractivity contribution in [3.8, 4) is 5.75 Å². The van der Waals surface area contributed by atoms with Crippen LogP contribution in [0.3, 0.4) is 0 Å². The molecule has 0 aromatic heterocycles. The van der Waals surface area contributed by atoms with Crippen molar-refractivity contribution in [2.45, 2.75) is 37.5 Å². The van der Waals surface area contributed by atoms with Crippen LogP contribution >= 0.6 is 11.6 Å². The van der Waals surface area contributed by atoms with Crippen LogP contribution in [-0.4, -0.2) is 44.9 Å². The Morgan fingerprint density at radius 3 is 2.40 bits per heavy atom. The Balaban J connectivity index is 1.63. The molecule has 3 rings (SSSR count). The van der Waals surface area contributed by atoms with Crippen molar-refractivity contribution in [3.05, 3.63) is 58.6 Å². The number of sulfonamides is 1. The van der Waals surface area contributed by atoms with Gasteiger partial charge in [0.25, 0.3) is 5.91 Å². The number of hydrogen-bond donors (Lipinski definition) is 1. The summed E-state index contributed by atoms with van der Waals surface area (Å²) in [6.07, 6.45) is 3.83. The van der Waals surface area contributed by atoms with Gasteiger partial charge in [0.1, 0.15) is 12.4 Å². The Labute approximate surface area is 183 Å². The van der Waals surface area contributed by atoms with Crippen molar-refractivity contribution in [3.63, 3.8) is 0 Å². The maximum absolute atomic E-state index is 13.0. The van der Waals surface area contributed by atoms with E-state index in [9.17, 15) is 13.2 Å². The van der Waals surface area contributed by atoms with Gasteiger partial charge >= 0.3 is 0 Å². The topological polar surface area (TPSA) is 75.7 Å². The lowest BCUT2D eigenvalue weighted by atomic mass is 10.1. The number of rotatable bonds is 7. The minimum absolute atomic E-state index is 0.164. The van der Waals surface area contributed by atoms with Gasteiger partial charge in [-0.25, -0.2) is 8.42 Å². The molecule has 1 aliphatic heterocycles. The molecule has 1 fully saturated rings. The van der Waals surface area contributed by atoms with E-state index in [0.29, 0.717) is 36.0 Å². The van der Waals surface area contributed by atoms with Crippen LogP contribution in [0.15, 0.2) is 47.4 Å². The summed E-state index contributed by atoms with van der Waals surface area (Å²) in [5.74, 6) is 0.343. The predicted octanol–water partition coefficient (Wildman–Crippen LogP) is 4.02. The number of carbonyl (C=O) groups excluding carboxylic acids is 1.